The summed E-state index contributed by atoms with van der Waals surface area (Å²) in [5.41, 5.74) is 7.04. The number of nitrogen functional groups attached to an aromatic ring is 1. The maximum Gasteiger partial charge on any atom is 0.267 e. The number of nitrogens with zero attached hydrogens (tertiary/aromatic N) is 1. The number of carbonyl (C=O) groups excluding carboxylic acids is 1. The number of hydrogen-bond donors (Lipinski definition) is 2. The zero-order chi connectivity index (χ0) is 13.5. The SMILES string of the molecule is CCCn1cc(N)cc1C(=O)NCCC(C)SC. The van der Waals surface area contributed by atoms with Crippen molar-refractivity contribution in [1.82, 2.24) is 9.88 Å². The number of anilines is 1. The van der Waals surface area contributed by atoms with Crippen LogP contribution in [0.1, 0.15) is 37.2 Å². The minimum absolute atomic E-state index is 0.0338. The van der Waals surface area contributed by atoms with Crippen molar-refractivity contribution in [2.75, 3.05) is 18.5 Å². The summed E-state index contributed by atoms with van der Waals surface area (Å²) in [5.74, 6) is -0.0338. The third kappa shape index (κ3) is 4.29. The van der Waals surface area contributed by atoms with Gasteiger partial charge >= 0.3 is 0 Å². The molecular weight excluding hydrogens is 246 g/mol. The molecule has 1 aromatic heterocycles. The molecule has 1 unspecified atom stereocenters. The average Bonchev–Trinajstić information content (AvgIpc) is 2.70. The number of nitrogens with two attached hydrogens (primary N) is 1. The molecule has 5 heteroatoms. The number of aromatic nitrogens is 1. The predicted octanol–water partition coefficient (Wildman–Crippen LogP) is 2.35. The highest BCUT2D eigenvalue weighted by molar-refractivity contribution is 7.99. The van der Waals surface area contributed by atoms with Crippen molar-refractivity contribution in [2.24, 2.45) is 0 Å². The lowest BCUT2D eigenvalue weighted by atomic mass is 10.3. The van der Waals surface area contributed by atoms with Gasteiger partial charge in [-0.05, 0) is 25.2 Å². The Balaban J connectivity index is 2.55. The quantitative estimate of drug-likeness (QED) is 0.799. The molecule has 0 aliphatic carbocycles. The van der Waals surface area contributed by atoms with Gasteiger partial charge < -0.3 is 15.6 Å². The average molecular weight is 269 g/mol. The van der Waals surface area contributed by atoms with Gasteiger partial charge in [0.1, 0.15) is 5.69 Å². The fourth-order valence-electron chi connectivity index (χ4n) is 1.75. The highest BCUT2D eigenvalue weighted by Gasteiger charge is 2.12. The lowest BCUT2D eigenvalue weighted by Crippen LogP contribution is -2.28. The second-order valence-corrected chi connectivity index (χ2v) is 5.72. The van der Waals surface area contributed by atoms with E-state index in [0.717, 1.165) is 19.4 Å². The highest BCUT2D eigenvalue weighted by atomic mass is 32.2. The maximum atomic E-state index is 12.0. The van der Waals surface area contributed by atoms with Crippen LogP contribution >= 0.6 is 11.8 Å². The second-order valence-electron chi connectivity index (χ2n) is 4.44. The van der Waals surface area contributed by atoms with Crippen molar-refractivity contribution in [3.63, 3.8) is 0 Å². The van der Waals surface area contributed by atoms with E-state index >= 15 is 0 Å². The summed E-state index contributed by atoms with van der Waals surface area (Å²) in [6.07, 6.45) is 5.87. The number of aryl methyl sites for hydroxylation is 1. The van der Waals surface area contributed by atoms with Crippen LogP contribution in [0.5, 0.6) is 0 Å². The molecule has 3 N–H and O–H groups in total. The largest absolute Gasteiger partial charge is 0.397 e. The van der Waals surface area contributed by atoms with Crippen molar-refractivity contribution < 1.29 is 4.79 Å². The molecule has 0 aliphatic rings. The molecule has 18 heavy (non-hydrogen) atoms. The molecule has 1 atom stereocenters. The Labute approximate surface area is 113 Å². The Morgan fingerprint density at radius 2 is 2.33 bits per heavy atom. The Bertz CT molecular complexity index is 390. The molecule has 1 aromatic rings. The van der Waals surface area contributed by atoms with Gasteiger partial charge in [-0.3, -0.25) is 4.79 Å². The molecule has 1 heterocycles. The Kier molecular flexibility index (Phi) is 6.12. The lowest BCUT2D eigenvalue weighted by molar-refractivity contribution is 0.0944. The van der Waals surface area contributed by atoms with E-state index in [1.807, 2.05) is 22.5 Å². The molecule has 102 valence electrons. The third-order valence-electron chi connectivity index (χ3n) is 2.85. The molecule has 0 aliphatic heterocycles. The van der Waals surface area contributed by atoms with E-state index in [-0.39, 0.29) is 5.91 Å². The van der Waals surface area contributed by atoms with Gasteiger partial charge in [0.15, 0.2) is 0 Å². The third-order valence-corrected chi connectivity index (χ3v) is 3.89. The topological polar surface area (TPSA) is 60.0 Å². The molecular formula is C13H23N3OS. The summed E-state index contributed by atoms with van der Waals surface area (Å²) in [5, 5.41) is 3.52. The summed E-state index contributed by atoms with van der Waals surface area (Å²) in [4.78, 5) is 12.0. The van der Waals surface area contributed by atoms with Crippen molar-refractivity contribution in [3.8, 4) is 0 Å². The van der Waals surface area contributed by atoms with E-state index in [2.05, 4.69) is 25.4 Å². The number of rotatable bonds is 7. The van der Waals surface area contributed by atoms with Crippen molar-refractivity contribution >= 4 is 23.4 Å². The molecule has 1 amide bonds. The molecule has 0 saturated heterocycles. The molecule has 0 bridgehead atoms. The van der Waals surface area contributed by atoms with Gasteiger partial charge in [0.25, 0.3) is 5.91 Å². The number of hydrogen-bond acceptors (Lipinski definition) is 3. The van der Waals surface area contributed by atoms with E-state index in [1.165, 1.54) is 0 Å². The predicted molar refractivity (Wildman–Crippen MR) is 79.1 cm³/mol. The molecule has 0 spiro atoms. The van der Waals surface area contributed by atoms with Gasteiger partial charge in [0, 0.05) is 24.5 Å². The highest BCUT2D eigenvalue weighted by Crippen LogP contribution is 2.12. The van der Waals surface area contributed by atoms with Crippen LogP contribution in [0.2, 0.25) is 0 Å². The molecule has 4 nitrogen and oxygen atoms in total. The molecule has 0 aromatic carbocycles. The van der Waals surface area contributed by atoms with Gasteiger partial charge in [-0.15, -0.1) is 0 Å². The summed E-state index contributed by atoms with van der Waals surface area (Å²) in [6, 6.07) is 1.74. The molecule has 0 fully saturated rings. The van der Waals surface area contributed by atoms with Crippen LogP contribution in [0.25, 0.3) is 0 Å². The van der Waals surface area contributed by atoms with Crippen LogP contribution in [0.4, 0.5) is 5.69 Å². The zero-order valence-corrected chi connectivity index (χ0v) is 12.2. The standard InChI is InChI=1S/C13H23N3OS/c1-4-7-16-9-11(14)8-12(16)13(17)15-6-5-10(2)18-3/h8-10H,4-7,14H2,1-3H3,(H,15,17). The van der Waals surface area contributed by atoms with Crippen LogP contribution in [0.3, 0.4) is 0 Å². The zero-order valence-electron chi connectivity index (χ0n) is 11.4. The molecule has 0 saturated carbocycles. The lowest BCUT2D eigenvalue weighted by Gasteiger charge is -2.10. The number of carbonyl (C=O) groups is 1. The van der Waals surface area contributed by atoms with E-state index < -0.39 is 0 Å². The van der Waals surface area contributed by atoms with E-state index in [1.54, 1.807) is 6.07 Å². The van der Waals surface area contributed by atoms with Crippen molar-refractivity contribution in [3.05, 3.63) is 18.0 Å². The Morgan fingerprint density at radius 1 is 1.61 bits per heavy atom. The minimum atomic E-state index is -0.0338. The van der Waals surface area contributed by atoms with Crippen LogP contribution in [0, 0.1) is 0 Å². The van der Waals surface area contributed by atoms with Crippen LogP contribution in [0.15, 0.2) is 12.3 Å². The monoisotopic (exact) mass is 269 g/mol. The fourth-order valence-corrected chi connectivity index (χ4v) is 2.10. The summed E-state index contributed by atoms with van der Waals surface area (Å²) < 4.78 is 1.92. The first-order chi connectivity index (χ1) is 8.58. The first kappa shape index (κ1) is 15.0. The van der Waals surface area contributed by atoms with Gasteiger partial charge in [-0.2, -0.15) is 11.8 Å². The number of nitrogens with one attached hydrogen (secondary N) is 1. The minimum Gasteiger partial charge on any atom is -0.397 e. The van der Waals surface area contributed by atoms with Gasteiger partial charge in [-0.25, -0.2) is 0 Å². The molecule has 0 radical (unpaired) electrons. The summed E-state index contributed by atoms with van der Waals surface area (Å²) >= 11 is 1.81. The number of thioether (sulfide) groups is 1. The van der Waals surface area contributed by atoms with Gasteiger partial charge in [0.2, 0.25) is 0 Å². The maximum absolute atomic E-state index is 12.0. The van der Waals surface area contributed by atoms with Crippen LogP contribution < -0.4 is 11.1 Å². The Morgan fingerprint density at radius 3 is 2.94 bits per heavy atom. The normalized spacial score (nSPS) is 12.4. The van der Waals surface area contributed by atoms with Gasteiger partial charge in [-0.1, -0.05) is 13.8 Å². The van der Waals surface area contributed by atoms with E-state index in [0.29, 0.717) is 23.2 Å². The smallest absolute Gasteiger partial charge is 0.267 e. The summed E-state index contributed by atoms with van der Waals surface area (Å²) in [6.45, 7) is 5.77. The first-order valence-corrected chi connectivity index (χ1v) is 7.63. The fraction of sp³-hybridized carbons (Fsp3) is 0.615. The molecule has 1 rings (SSSR count). The van der Waals surface area contributed by atoms with Crippen LogP contribution in [-0.2, 0) is 6.54 Å². The van der Waals surface area contributed by atoms with Crippen molar-refractivity contribution in [1.29, 1.82) is 0 Å². The summed E-state index contributed by atoms with van der Waals surface area (Å²) in [7, 11) is 0. The van der Waals surface area contributed by atoms with Crippen molar-refractivity contribution in [2.45, 2.75) is 38.5 Å². The first-order valence-electron chi connectivity index (χ1n) is 6.35. The van der Waals surface area contributed by atoms with E-state index in [4.69, 9.17) is 5.73 Å². The Hall–Kier alpha value is -1.10. The second kappa shape index (κ2) is 7.36. The van der Waals surface area contributed by atoms with Crippen LogP contribution in [-0.4, -0.2) is 28.5 Å². The number of amides is 1. The van der Waals surface area contributed by atoms with Gasteiger partial charge in [0.05, 0.1) is 5.69 Å². The van der Waals surface area contributed by atoms with E-state index in [9.17, 15) is 4.79 Å².